The molecule has 0 spiro atoms. The Morgan fingerprint density at radius 1 is 1.12 bits per heavy atom. The van der Waals surface area contributed by atoms with Crippen LogP contribution in [0.5, 0.6) is 5.75 Å². The van der Waals surface area contributed by atoms with Crippen LogP contribution in [0.1, 0.15) is 62.6 Å². The summed E-state index contributed by atoms with van der Waals surface area (Å²) in [6.45, 7) is 4.50. The molecule has 1 fully saturated rings. The van der Waals surface area contributed by atoms with Crippen LogP contribution in [0.2, 0.25) is 0 Å². The number of hydrogen-bond acceptors (Lipinski definition) is 5. The first-order valence-electron chi connectivity index (χ1n) is 11.5. The van der Waals surface area contributed by atoms with Crippen molar-refractivity contribution >= 4 is 16.6 Å². The lowest BCUT2D eigenvalue weighted by Crippen LogP contribution is -2.31. The predicted octanol–water partition coefficient (Wildman–Crippen LogP) is 4.99. The van der Waals surface area contributed by atoms with Crippen molar-refractivity contribution in [2.75, 3.05) is 21.2 Å². The zero-order valence-electron chi connectivity index (χ0n) is 19.6. The maximum Gasteiger partial charge on any atom is 0.197 e. The van der Waals surface area contributed by atoms with E-state index in [1.165, 1.54) is 47.9 Å². The largest absolute Gasteiger partial charge is 0.493 e. The third-order valence-corrected chi connectivity index (χ3v) is 7.07. The molecule has 5 rings (SSSR count). The van der Waals surface area contributed by atoms with Crippen molar-refractivity contribution in [1.29, 1.82) is 0 Å². The normalized spacial score (nSPS) is 19.5. The van der Waals surface area contributed by atoms with E-state index in [0.717, 1.165) is 22.5 Å². The molecule has 1 N–H and O–H groups in total. The van der Waals surface area contributed by atoms with Gasteiger partial charge in [0.15, 0.2) is 11.4 Å². The van der Waals surface area contributed by atoms with Crippen LogP contribution in [0.25, 0.3) is 27.7 Å². The molecule has 1 aliphatic carbocycles. The second kappa shape index (κ2) is 8.20. The fourth-order valence-corrected chi connectivity index (χ4v) is 5.20. The molecule has 7 nitrogen and oxygen atoms in total. The van der Waals surface area contributed by atoms with Gasteiger partial charge in [-0.25, -0.2) is 9.50 Å². The average molecular weight is 433 g/mol. The molecule has 0 atom stereocenters. The number of benzene rings is 1. The summed E-state index contributed by atoms with van der Waals surface area (Å²) in [5.41, 5.74) is 6.59. The first kappa shape index (κ1) is 20.9. The van der Waals surface area contributed by atoms with Crippen LogP contribution < -0.4 is 4.74 Å². The van der Waals surface area contributed by atoms with Crippen molar-refractivity contribution in [2.24, 2.45) is 0 Å². The van der Waals surface area contributed by atoms with E-state index in [2.05, 4.69) is 66.2 Å². The Hall–Kier alpha value is -2.93. The van der Waals surface area contributed by atoms with Gasteiger partial charge in [-0.15, -0.1) is 0 Å². The number of nitrogens with one attached hydrogen (secondary N) is 1. The second-order valence-corrected chi connectivity index (χ2v) is 9.54. The predicted molar refractivity (Wildman–Crippen MR) is 127 cm³/mol. The first-order valence-corrected chi connectivity index (χ1v) is 11.5. The van der Waals surface area contributed by atoms with Crippen molar-refractivity contribution in [1.82, 2.24) is 29.7 Å². The van der Waals surface area contributed by atoms with Gasteiger partial charge in [-0.1, -0.05) is 13.8 Å². The third-order valence-electron chi connectivity index (χ3n) is 7.07. The number of pyridine rings is 1. The molecule has 32 heavy (non-hydrogen) atoms. The minimum atomic E-state index is 0.374. The summed E-state index contributed by atoms with van der Waals surface area (Å²) in [6.07, 6.45) is 8.44. The Morgan fingerprint density at radius 2 is 1.91 bits per heavy atom. The van der Waals surface area contributed by atoms with Crippen LogP contribution in [0, 0.1) is 0 Å². The molecule has 1 saturated carbocycles. The van der Waals surface area contributed by atoms with Crippen LogP contribution >= 0.6 is 0 Å². The number of rotatable bonds is 5. The third kappa shape index (κ3) is 3.54. The average Bonchev–Trinajstić information content (AvgIpc) is 3.44. The Labute approximate surface area is 188 Å². The van der Waals surface area contributed by atoms with E-state index < -0.39 is 0 Å². The summed E-state index contributed by atoms with van der Waals surface area (Å²) in [6, 6.07) is 7.33. The maximum absolute atomic E-state index is 5.60. The minimum Gasteiger partial charge on any atom is -0.493 e. The zero-order valence-corrected chi connectivity index (χ0v) is 19.6. The Balaban J connectivity index is 1.58. The standard InChI is InChI=1S/C25H32N6O/c1-15(2)19-11-21-22(28-29-24(21)16-6-8-18(9-7-16)30(3)4)12-20(19)17-10-23(32-5)25-26-14-27-31(25)13-17/h10-16,18H,6-9H2,1-5H3,(H,28,29). The molecule has 7 heteroatoms. The summed E-state index contributed by atoms with van der Waals surface area (Å²) in [5, 5.41) is 13.7. The van der Waals surface area contributed by atoms with Gasteiger partial charge in [-0.2, -0.15) is 10.2 Å². The van der Waals surface area contributed by atoms with E-state index in [9.17, 15) is 0 Å². The lowest BCUT2D eigenvalue weighted by atomic mass is 9.82. The van der Waals surface area contributed by atoms with Gasteiger partial charge in [0, 0.05) is 29.1 Å². The number of aromatic nitrogens is 5. The number of ether oxygens (including phenoxy) is 1. The van der Waals surface area contributed by atoms with Crippen molar-refractivity contribution in [3.63, 3.8) is 0 Å². The van der Waals surface area contributed by atoms with Crippen LogP contribution in [0.4, 0.5) is 0 Å². The van der Waals surface area contributed by atoms with Gasteiger partial charge in [-0.3, -0.25) is 5.10 Å². The Kier molecular flexibility index (Phi) is 5.37. The molecular formula is C25H32N6O. The molecule has 0 radical (unpaired) electrons. The molecule has 0 unspecified atom stereocenters. The molecule has 1 aliphatic rings. The molecule has 168 valence electrons. The molecule has 0 amide bonds. The number of hydrogen-bond donors (Lipinski definition) is 1. The van der Waals surface area contributed by atoms with Crippen LogP contribution in [-0.4, -0.2) is 56.9 Å². The van der Waals surface area contributed by atoms with E-state index in [1.807, 2.05) is 6.20 Å². The first-order chi connectivity index (χ1) is 15.5. The second-order valence-electron chi connectivity index (χ2n) is 9.54. The van der Waals surface area contributed by atoms with Gasteiger partial charge in [0.1, 0.15) is 6.33 Å². The van der Waals surface area contributed by atoms with E-state index in [-0.39, 0.29) is 0 Å². The number of H-pyrrole nitrogens is 1. The maximum atomic E-state index is 5.60. The number of aromatic amines is 1. The van der Waals surface area contributed by atoms with Gasteiger partial charge in [0.25, 0.3) is 0 Å². The van der Waals surface area contributed by atoms with Crippen molar-refractivity contribution < 1.29 is 4.74 Å². The lowest BCUT2D eigenvalue weighted by molar-refractivity contribution is 0.215. The van der Waals surface area contributed by atoms with Gasteiger partial charge < -0.3 is 9.64 Å². The van der Waals surface area contributed by atoms with Crippen LogP contribution in [-0.2, 0) is 0 Å². The Morgan fingerprint density at radius 3 is 2.59 bits per heavy atom. The highest BCUT2D eigenvalue weighted by atomic mass is 16.5. The lowest BCUT2D eigenvalue weighted by Gasteiger charge is -2.32. The van der Waals surface area contributed by atoms with Gasteiger partial charge >= 0.3 is 0 Å². The molecule has 3 aromatic heterocycles. The summed E-state index contributed by atoms with van der Waals surface area (Å²) in [4.78, 5) is 6.67. The highest BCUT2D eigenvalue weighted by molar-refractivity contribution is 5.89. The summed E-state index contributed by atoms with van der Waals surface area (Å²) in [7, 11) is 6.06. The van der Waals surface area contributed by atoms with E-state index in [4.69, 9.17) is 9.84 Å². The number of fused-ring (bicyclic) bond motifs is 2. The highest BCUT2D eigenvalue weighted by Crippen LogP contribution is 2.40. The molecule has 0 saturated heterocycles. The van der Waals surface area contributed by atoms with Crippen molar-refractivity contribution in [3.8, 4) is 16.9 Å². The fourth-order valence-electron chi connectivity index (χ4n) is 5.20. The highest BCUT2D eigenvalue weighted by Gasteiger charge is 2.27. The minimum absolute atomic E-state index is 0.374. The number of methoxy groups -OCH3 is 1. The molecule has 3 heterocycles. The summed E-state index contributed by atoms with van der Waals surface area (Å²) in [5.74, 6) is 1.62. The zero-order chi connectivity index (χ0) is 22.4. The number of nitrogens with zero attached hydrogens (tertiary/aromatic N) is 5. The SMILES string of the molecule is COc1cc(-c2cc3[nH]nc(C4CCC(N(C)C)CC4)c3cc2C(C)C)cn2ncnc12. The van der Waals surface area contributed by atoms with Gasteiger partial charge in [-0.05, 0) is 75.0 Å². The Bertz CT molecular complexity index is 1250. The quantitative estimate of drug-likeness (QED) is 0.481. The topological polar surface area (TPSA) is 71.3 Å². The summed E-state index contributed by atoms with van der Waals surface area (Å²) >= 11 is 0. The fraction of sp³-hybridized carbons (Fsp3) is 0.480. The molecular weight excluding hydrogens is 400 g/mol. The van der Waals surface area contributed by atoms with Crippen LogP contribution in [0.3, 0.4) is 0 Å². The van der Waals surface area contributed by atoms with Crippen molar-refractivity contribution in [3.05, 3.63) is 42.0 Å². The van der Waals surface area contributed by atoms with Crippen molar-refractivity contribution in [2.45, 2.75) is 57.4 Å². The smallest absolute Gasteiger partial charge is 0.197 e. The monoisotopic (exact) mass is 432 g/mol. The van der Waals surface area contributed by atoms with Gasteiger partial charge in [0.05, 0.1) is 18.3 Å². The van der Waals surface area contributed by atoms with Crippen LogP contribution in [0.15, 0.2) is 30.7 Å². The summed E-state index contributed by atoms with van der Waals surface area (Å²) < 4.78 is 7.38. The molecule has 0 bridgehead atoms. The van der Waals surface area contributed by atoms with Gasteiger partial charge in [0.2, 0.25) is 0 Å². The van der Waals surface area contributed by atoms with E-state index in [0.29, 0.717) is 17.9 Å². The molecule has 4 aromatic rings. The van der Waals surface area contributed by atoms with E-state index in [1.54, 1.807) is 18.0 Å². The molecule has 0 aliphatic heterocycles. The molecule has 1 aromatic carbocycles. The van der Waals surface area contributed by atoms with E-state index >= 15 is 0 Å².